The molecule has 0 saturated carbocycles. The van der Waals surface area contributed by atoms with E-state index in [9.17, 15) is 14.4 Å². The standard InChI is InChI=1S/C22H32N4O4/c1-15(2)12-24-9-10-30-19(13-24)11-23-20(27)14-25-21(28)17(4)26(22(25)29)18-7-5-16(3)6-8-18/h5-8,15,17,19H,9-14H2,1-4H3,(H,23,27)/t17-,19-/m1/s1. The highest BCUT2D eigenvalue weighted by molar-refractivity contribution is 6.15. The molecule has 2 fully saturated rings. The highest BCUT2D eigenvalue weighted by atomic mass is 16.5. The number of benzene rings is 1. The van der Waals surface area contributed by atoms with Gasteiger partial charge in [-0.05, 0) is 31.9 Å². The molecule has 0 aliphatic carbocycles. The van der Waals surface area contributed by atoms with Crippen LogP contribution in [0.25, 0.3) is 0 Å². The third-order valence-corrected chi connectivity index (χ3v) is 5.43. The third-order valence-electron chi connectivity index (χ3n) is 5.43. The average molecular weight is 417 g/mol. The fourth-order valence-electron chi connectivity index (χ4n) is 3.92. The minimum atomic E-state index is -0.640. The van der Waals surface area contributed by atoms with Gasteiger partial charge in [0.1, 0.15) is 12.6 Å². The molecular formula is C22H32N4O4. The average Bonchev–Trinajstić information content (AvgIpc) is 2.90. The van der Waals surface area contributed by atoms with Gasteiger partial charge < -0.3 is 10.1 Å². The Kier molecular flexibility index (Phi) is 7.10. The minimum absolute atomic E-state index is 0.0885. The molecule has 0 radical (unpaired) electrons. The monoisotopic (exact) mass is 416 g/mol. The zero-order chi connectivity index (χ0) is 21.8. The van der Waals surface area contributed by atoms with Crippen molar-refractivity contribution < 1.29 is 19.1 Å². The van der Waals surface area contributed by atoms with Gasteiger partial charge in [-0.15, -0.1) is 0 Å². The van der Waals surface area contributed by atoms with E-state index in [2.05, 4.69) is 24.1 Å². The fourth-order valence-corrected chi connectivity index (χ4v) is 3.92. The highest BCUT2D eigenvalue weighted by Gasteiger charge is 2.44. The Morgan fingerprint density at radius 1 is 1.23 bits per heavy atom. The summed E-state index contributed by atoms with van der Waals surface area (Å²) in [6.07, 6.45) is -0.0885. The second-order valence-corrected chi connectivity index (χ2v) is 8.54. The van der Waals surface area contributed by atoms with Gasteiger partial charge in [-0.3, -0.25) is 24.3 Å². The molecule has 1 aromatic carbocycles. The number of carbonyl (C=O) groups is 3. The lowest BCUT2D eigenvalue weighted by molar-refractivity contribution is -0.132. The molecule has 2 saturated heterocycles. The van der Waals surface area contributed by atoms with Crippen molar-refractivity contribution in [3.05, 3.63) is 29.8 Å². The number of hydrogen-bond acceptors (Lipinski definition) is 5. The number of carbonyl (C=O) groups excluding carboxylic acids is 3. The van der Waals surface area contributed by atoms with Gasteiger partial charge in [0.25, 0.3) is 5.91 Å². The van der Waals surface area contributed by atoms with Crippen LogP contribution in [0.15, 0.2) is 24.3 Å². The van der Waals surface area contributed by atoms with Crippen LogP contribution in [0.4, 0.5) is 10.5 Å². The molecule has 3 rings (SSSR count). The van der Waals surface area contributed by atoms with Crippen molar-refractivity contribution in [1.29, 1.82) is 0 Å². The lowest BCUT2D eigenvalue weighted by Gasteiger charge is -2.34. The van der Waals surface area contributed by atoms with Gasteiger partial charge >= 0.3 is 6.03 Å². The van der Waals surface area contributed by atoms with E-state index in [-0.39, 0.29) is 24.5 Å². The summed E-state index contributed by atoms with van der Waals surface area (Å²) in [7, 11) is 0. The molecule has 2 heterocycles. The first-order valence-corrected chi connectivity index (χ1v) is 10.6. The van der Waals surface area contributed by atoms with Gasteiger partial charge in [-0.25, -0.2) is 4.79 Å². The first-order chi connectivity index (χ1) is 14.3. The molecule has 0 bridgehead atoms. The molecule has 1 N–H and O–H groups in total. The van der Waals surface area contributed by atoms with Crippen LogP contribution < -0.4 is 10.2 Å². The van der Waals surface area contributed by atoms with Crippen LogP contribution in [-0.4, -0.2) is 79.1 Å². The second kappa shape index (κ2) is 9.57. The Labute approximate surface area is 178 Å². The maximum Gasteiger partial charge on any atom is 0.332 e. The van der Waals surface area contributed by atoms with Gasteiger partial charge in [0.15, 0.2) is 0 Å². The van der Waals surface area contributed by atoms with Crippen LogP contribution in [0, 0.1) is 12.8 Å². The van der Waals surface area contributed by atoms with Gasteiger partial charge in [0, 0.05) is 31.9 Å². The molecular weight excluding hydrogens is 384 g/mol. The molecule has 0 aromatic heterocycles. The van der Waals surface area contributed by atoms with Gasteiger partial charge in [0.05, 0.1) is 12.7 Å². The highest BCUT2D eigenvalue weighted by Crippen LogP contribution is 2.25. The van der Waals surface area contributed by atoms with Crippen LogP contribution in [0.2, 0.25) is 0 Å². The summed E-state index contributed by atoms with van der Waals surface area (Å²) in [6, 6.07) is 6.29. The summed E-state index contributed by atoms with van der Waals surface area (Å²) in [6.45, 7) is 11.4. The second-order valence-electron chi connectivity index (χ2n) is 8.54. The molecule has 8 nitrogen and oxygen atoms in total. The maximum absolute atomic E-state index is 12.8. The summed E-state index contributed by atoms with van der Waals surface area (Å²) >= 11 is 0. The molecule has 2 aliphatic heterocycles. The number of rotatable bonds is 7. The number of anilines is 1. The number of amides is 4. The van der Waals surface area contributed by atoms with E-state index in [0.717, 1.165) is 30.1 Å². The molecule has 8 heteroatoms. The summed E-state index contributed by atoms with van der Waals surface area (Å²) in [5.74, 6) is -0.156. The van der Waals surface area contributed by atoms with Crippen LogP contribution in [-0.2, 0) is 14.3 Å². The number of nitrogens with zero attached hydrogens (tertiary/aromatic N) is 3. The number of imide groups is 1. The molecule has 0 spiro atoms. The quantitative estimate of drug-likeness (QED) is 0.683. The zero-order valence-corrected chi connectivity index (χ0v) is 18.3. The van der Waals surface area contributed by atoms with Gasteiger partial charge in [-0.1, -0.05) is 31.5 Å². The van der Waals surface area contributed by atoms with Crippen molar-refractivity contribution in [3.8, 4) is 0 Å². The van der Waals surface area contributed by atoms with Crippen LogP contribution >= 0.6 is 0 Å². The summed E-state index contributed by atoms with van der Waals surface area (Å²) in [5.41, 5.74) is 1.72. The molecule has 4 amide bonds. The van der Waals surface area contributed by atoms with Crippen LogP contribution in [0.1, 0.15) is 26.3 Å². The Balaban J connectivity index is 1.54. The van der Waals surface area contributed by atoms with E-state index in [1.54, 1.807) is 6.92 Å². The first-order valence-electron chi connectivity index (χ1n) is 10.6. The van der Waals surface area contributed by atoms with Crippen molar-refractivity contribution in [1.82, 2.24) is 15.1 Å². The van der Waals surface area contributed by atoms with Crippen LogP contribution in [0.3, 0.4) is 0 Å². The number of morpholine rings is 1. The van der Waals surface area contributed by atoms with E-state index in [1.807, 2.05) is 31.2 Å². The molecule has 0 unspecified atom stereocenters. The summed E-state index contributed by atoms with van der Waals surface area (Å²) in [4.78, 5) is 42.7. The predicted molar refractivity (Wildman–Crippen MR) is 114 cm³/mol. The van der Waals surface area contributed by atoms with Gasteiger partial charge in [-0.2, -0.15) is 0 Å². The topological polar surface area (TPSA) is 82.2 Å². The first kappa shape index (κ1) is 22.2. The number of ether oxygens (including phenoxy) is 1. The molecule has 2 atom stereocenters. The Morgan fingerprint density at radius 2 is 1.93 bits per heavy atom. The normalized spacial score (nSPS) is 22.8. The summed E-state index contributed by atoms with van der Waals surface area (Å²) in [5, 5.41) is 2.82. The predicted octanol–water partition coefficient (Wildman–Crippen LogP) is 1.63. The molecule has 164 valence electrons. The largest absolute Gasteiger partial charge is 0.374 e. The minimum Gasteiger partial charge on any atom is -0.374 e. The number of urea groups is 1. The number of nitrogens with one attached hydrogen (secondary N) is 1. The van der Waals surface area contributed by atoms with E-state index >= 15 is 0 Å². The SMILES string of the molecule is Cc1ccc(N2C(=O)N(CC(=O)NC[C@@H]3CN(CC(C)C)CCO3)C(=O)[C@H]2C)cc1. The van der Waals surface area contributed by atoms with E-state index < -0.39 is 12.1 Å². The Hall–Kier alpha value is -2.45. The fraction of sp³-hybridized carbons (Fsp3) is 0.591. The van der Waals surface area contributed by atoms with Crippen molar-refractivity contribution in [3.63, 3.8) is 0 Å². The van der Waals surface area contributed by atoms with Crippen LogP contribution in [0.5, 0.6) is 0 Å². The van der Waals surface area contributed by atoms with Crippen molar-refractivity contribution in [2.45, 2.75) is 39.8 Å². The summed E-state index contributed by atoms with van der Waals surface area (Å²) < 4.78 is 5.74. The van der Waals surface area contributed by atoms with Gasteiger partial charge in [0.2, 0.25) is 5.91 Å². The molecule has 2 aliphatic rings. The number of aryl methyl sites for hydroxylation is 1. The van der Waals surface area contributed by atoms with Crippen molar-refractivity contribution >= 4 is 23.5 Å². The molecule has 1 aromatic rings. The zero-order valence-electron chi connectivity index (χ0n) is 18.3. The van der Waals surface area contributed by atoms with Crippen molar-refractivity contribution in [2.75, 3.05) is 44.2 Å². The maximum atomic E-state index is 12.8. The molecule has 30 heavy (non-hydrogen) atoms. The lowest BCUT2D eigenvalue weighted by atomic mass is 10.2. The third kappa shape index (κ3) is 5.17. The lowest BCUT2D eigenvalue weighted by Crippen LogP contribution is -2.50. The van der Waals surface area contributed by atoms with E-state index in [4.69, 9.17) is 4.74 Å². The van der Waals surface area contributed by atoms with Crippen molar-refractivity contribution in [2.24, 2.45) is 5.92 Å². The Morgan fingerprint density at radius 3 is 2.60 bits per heavy atom. The van der Waals surface area contributed by atoms with E-state index in [1.165, 1.54) is 4.90 Å². The number of hydrogen-bond donors (Lipinski definition) is 1. The van der Waals surface area contributed by atoms with E-state index in [0.29, 0.717) is 24.8 Å². The smallest absolute Gasteiger partial charge is 0.332 e. The Bertz CT molecular complexity index is 780.